The lowest BCUT2D eigenvalue weighted by Gasteiger charge is -2.10. The van der Waals surface area contributed by atoms with E-state index in [0.717, 1.165) is 16.8 Å². The number of carbonyl (C=O) groups is 1. The van der Waals surface area contributed by atoms with E-state index in [4.69, 9.17) is 4.42 Å². The van der Waals surface area contributed by atoms with E-state index < -0.39 is 11.5 Å². The van der Waals surface area contributed by atoms with Crippen LogP contribution in [-0.4, -0.2) is 20.3 Å². The second-order valence-corrected chi connectivity index (χ2v) is 6.92. The Kier molecular flexibility index (Phi) is 4.14. The maximum Gasteiger partial charge on any atom is 0.349 e. The van der Waals surface area contributed by atoms with Gasteiger partial charge >= 0.3 is 5.63 Å². The summed E-state index contributed by atoms with van der Waals surface area (Å²) in [5.74, 6) is 0.0684. The fraction of sp³-hybridized carbons (Fsp3) is 0.0435. The Hall–Kier alpha value is -4.26. The number of hydrogen-bond acceptors (Lipinski definition) is 5. The van der Waals surface area contributed by atoms with Crippen LogP contribution < -0.4 is 10.9 Å². The van der Waals surface area contributed by atoms with Gasteiger partial charge in [-0.1, -0.05) is 30.3 Å². The number of anilines is 1. The third kappa shape index (κ3) is 3.12. The molecule has 0 saturated carbocycles. The minimum Gasteiger partial charge on any atom is -0.422 e. The highest BCUT2D eigenvalue weighted by Gasteiger charge is 2.16. The Morgan fingerprint density at radius 2 is 1.97 bits per heavy atom. The molecule has 5 aromatic rings. The van der Waals surface area contributed by atoms with Crippen LogP contribution in [0.15, 0.2) is 82.4 Å². The third-order valence-electron chi connectivity index (χ3n) is 4.90. The lowest BCUT2D eigenvalue weighted by molar-refractivity contribution is 0.102. The van der Waals surface area contributed by atoms with Crippen molar-refractivity contribution < 1.29 is 9.21 Å². The van der Waals surface area contributed by atoms with Gasteiger partial charge in [-0.2, -0.15) is 0 Å². The van der Waals surface area contributed by atoms with Gasteiger partial charge in [0.2, 0.25) is 5.78 Å². The molecule has 1 N–H and O–H groups in total. The number of aryl methyl sites for hydroxylation is 1. The van der Waals surface area contributed by atoms with E-state index in [-0.39, 0.29) is 5.56 Å². The van der Waals surface area contributed by atoms with Crippen LogP contribution in [0.25, 0.3) is 28.0 Å². The lowest BCUT2D eigenvalue weighted by Crippen LogP contribution is -2.21. The van der Waals surface area contributed by atoms with Crippen molar-refractivity contribution in [3.63, 3.8) is 0 Å². The van der Waals surface area contributed by atoms with Gasteiger partial charge in [-0.15, -0.1) is 0 Å². The van der Waals surface area contributed by atoms with Crippen LogP contribution in [0.3, 0.4) is 0 Å². The first-order chi connectivity index (χ1) is 14.6. The van der Waals surface area contributed by atoms with Crippen molar-refractivity contribution in [2.75, 3.05) is 5.32 Å². The van der Waals surface area contributed by atoms with Crippen LogP contribution in [-0.2, 0) is 0 Å². The number of amides is 1. The second kappa shape index (κ2) is 6.97. The van der Waals surface area contributed by atoms with Crippen LogP contribution in [0, 0.1) is 6.92 Å². The summed E-state index contributed by atoms with van der Waals surface area (Å²) < 4.78 is 7.10. The number of fused-ring (bicyclic) bond motifs is 2. The number of para-hydroxylation sites is 1. The van der Waals surface area contributed by atoms with Gasteiger partial charge in [-0.25, -0.2) is 14.8 Å². The lowest BCUT2D eigenvalue weighted by atomic mass is 10.1. The van der Waals surface area contributed by atoms with Crippen molar-refractivity contribution in [3.05, 3.63) is 94.7 Å². The summed E-state index contributed by atoms with van der Waals surface area (Å²) >= 11 is 0. The number of imidazole rings is 1. The SMILES string of the molecule is Cc1ccc(-c2cn3cccnc3n2)cc1NC(=O)c1cc2ccccc2oc1=O. The zero-order chi connectivity index (χ0) is 20.7. The molecule has 7 heteroatoms. The molecule has 0 atom stereocenters. The monoisotopic (exact) mass is 396 g/mol. The molecule has 0 spiro atoms. The largest absolute Gasteiger partial charge is 0.422 e. The quantitative estimate of drug-likeness (QED) is 0.465. The molecule has 146 valence electrons. The van der Waals surface area contributed by atoms with E-state index in [9.17, 15) is 9.59 Å². The second-order valence-electron chi connectivity index (χ2n) is 6.92. The topological polar surface area (TPSA) is 89.5 Å². The van der Waals surface area contributed by atoms with Crippen LogP contribution in [0.2, 0.25) is 0 Å². The predicted octanol–water partition coefficient (Wildman–Crippen LogP) is 4.06. The van der Waals surface area contributed by atoms with Crippen LogP contribution in [0.5, 0.6) is 0 Å². The summed E-state index contributed by atoms with van der Waals surface area (Å²) in [5, 5.41) is 3.51. The molecule has 3 heterocycles. The molecule has 1 amide bonds. The van der Waals surface area contributed by atoms with Crippen LogP contribution in [0.1, 0.15) is 15.9 Å². The number of carbonyl (C=O) groups excluding carboxylic acids is 1. The van der Waals surface area contributed by atoms with E-state index in [1.807, 2.05) is 54.0 Å². The van der Waals surface area contributed by atoms with Crippen molar-refractivity contribution in [1.29, 1.82) is 0 Å². The van der Waals surface area contributed by atoms with Gasteiger partial charge < -0.3 is 9.73 Å². The van der Waals surface area contributed by atoms with Crippen LogP contribution >= 0.6 is 0 Å². The number of nitrogens with zero attached hydrogens (tertiary/aromatic N) is 3. The molecule has 7 nitrogen and oxygen atoms in total. The Morgan fingerprint density at radius 1 is 1.10 bits per heavy atom. The first-order valence-corrected chi connectivity index (χ1v) is 9.33. The van der Waals surface area contributed by atoms with E-state index in [2.05, 4.69) is 15.3 Å². The van der Waals surface area contributed by atoms with Crippen molar-refractivity contribution in [1.82, 2.24) is 14.4 Å². The summed E-state index contributed by atoms with van der Waals surface area (Å²) in [7, 11) is 0. The molecule has 0 saturated heterocycles. The Bertz CT molecular complexity index is 1450. The summed E-state index contributed by atoms with van der Waals surface area (Å²) in [6.45, 7) is 1.88. The molecule has 0 bridgehead atoms. The molecule has 2 aromatic carbocycles. The number of nitrogens with one attached hydrogen (secondary N) is 1. The fourth-order valence-electron chi connectivity index (χ4n) is 3.29. The molecule has 3 aromatic heterocycles. The molecule has 0 aliphatic carbocycles. The number of rotatable bonds is 3. The first kappa shape index (κ1) is 17.8. The van der Waals surface area contributed by atoms with Gasteiger partial charge in [0.1, 0.15) is 11.1 Å². The highest BCUT2D eigenvalue weighted by Crippen LogP contribution is 2.25. The maximum absolute atomic E-state index is 12.8. The van der Waals surface area contributed by atoms with Crippen LogP contribution in [0.4, 0.5) is 5.69 Å². The minimum absolute atomic E-state index is 0.0459. The average molecular weight is 396 g/mol. The molecule has 0 aliphatic rings. The smallest absolute Gasteiger partial charge is 0.349 e. The highest BCUT2D eigenvalue weighted by molar-refractivity contribution is 6.06. The van der Waals surface area contributed by atoms with E-state index in [0.29, 0.717) is 22.4 Å². The summed E-state index contributed by atoms with van der Waals surface area (Å²) in [6, 6.07) is 16.1. The molecule has 0 radical (unpaired) electrons. The third-order valence-corrected chi connectivity index (χ3v) is 4.90. The minimum atomic E-state index is -0.675. The van der Waals surface area contributed by atoms with Crippen molar-refractivity contribution in [3.8, 4) is 11.3 Å². The normalized spacial score (nSPS) is 11.1. The van der Waals surface area contributed by atoms with Gasteiger partial charge in [-0.3, -0.25) is 9.20 Å². The van der Waals surface area contributed by atoms with Crippen molar-refractivity contribution in [2.45, 2.75) is 6.92 Å². The Labute approximate surface area is 170 Å². The predicted molar refractivity (Wildman–Crippen MR) is 114 cm³/mol. The van der Waals surface area contributed by atoms with E-state index in [1.54, 1.807) is 30.5 Å². The molecular weight excluding hydrogens is 380 g/mol. The highest BCUT2D eigenvalue weighted by atomic mass is 16.4. The maximum atomic E-state index is 12.8. The zero-order valence-electron chi connectivity index (χ0n) is 16.0. The van der Waals surface area contributed by atoms with Gasteiger partial charge in [0.15, 0.2) is 0 Å². The molecule has 30 heavy (non-hydrogen) atoms. The summed E-state index contributed by atoms with van der Waals surface area (Å²) in [5.41, 5.74) is 2.73. The number of hydrogen-bond donors (Lipinski definition) is 1. The first-order valence-electron chi connectivity index (χ1n) is 9.33. The van der Waals surface area contributed by atoms with E-state index in [1.165, 1.54) is 0 Å². The summed E-state index contributed by atoms with van der Waals surface area (Å²) in [4.78, 5) is 33.8. The summed E-state index contributed by atoms with van der Waals surface area (Å²) in [6.07, 6.45) is 5.42. The van der Waals surface area contributed by atoms with Gasteiger partial charge in [0.25, 0.3) is 5.91 Å². The number of benzene rings is 2. The molecule has 0 aliphatic heterocycles. The zero-order valence-corrected chi connectivity index (χ0v) is 16.0. The Balaban J connectivity index is 1.50. The fourth-order valence-corrected chi connectivity index (χ4v) is 3.29. The molecule has 0 unspecified atom stereocenters. The standard InChI is InChI=1S/C23H16N4O3/c1-14-7-8-15(19-13-27-10-4-9-24-23(27)26-19)12-18(14)25-21(28)17-11-16-5-2-3-6-20(16)30-22(17)29/h2-13H,1H3,(H,25,28). The Morgan fingerprint density at radius 3 is 2.83 bits per heavy atom. The average Bonchev–Trinajstić information content (AvgIpc) is 3.19. The molecule has 5 rings (SSSR count). The molecule has 0 fully saturated rings. The van der Waals surface area contributed by atoms with E-state index >= 15 is 0 Å². The van der Waals surface area contributed by atoms with Gasteiger partial charge in [-0.05, 0) is 36.8 Å². The van der Waals surface area contributed by atoms with Gasteiger partial charge in [0.05, 0.1) is 5.69 Å². The van der Waals surface area contributed by atoms with Crippen molar-refractivity contribution >= 4 is 28.3 Å². The van der Waals surface area contributed by atoms with Crippen molar-refractivity contribution in [2.24, 2.45) is 0 Å². The van der Waals surface area contributed by atoms with Gasteiger partial charge in [0, 0.05) is 35.2 Å². The molecular formula is C23H16N4O3. The number of aromatic nitrogens is 3.